The lowest BCUT2D eigenvalue weighted by Crippen LogP contribution is -2.24. The minimum Gasteiger partial charge on any atom is -0.397 e. The van der Waals surface area contributed by atoms with Crippen molar-refractivity contribution in [2.45, 2.75) is 19.8 Å². The highest BCUT2D eigenvalue weighted by Crippen LogP contribution is 2.16. The van der Waals surface area contributed by atoms with Gasteiger partial charge >= 0.3 is 0 Å². The molecule has 0 unspecified atom stereocenters. The maximum Gasteiger partial charge on any atom is 0.251 e. The third kappa shape index (κ3) is 6.14. The van der Waals surface area contributed by atoms with Crippen LogP contribution in [0.4, 0.5) is 11.4 Å². The van der Waals surface area contributed by atoms with Crippen LogP contribution in [0.1, 0.15) is 28.8 Å². The van der Waals surface area contributed by atoms with E-state index in [4.69, 9.17) is 5.73 Å². The smallest absolute Gasteiger partial charge is 0.251 e. The van der Waals surface area contributed by atoms with E-state index in [0.29, 0.717) is 29.9 Å². The number of carbonyl (C=O) groups is 2. The zero-order valence-electron chi connectivity index (χ0n) is 14.3. The van der Waals surface area contributed by atoms with Gasteiger partial charge in [0.1, 0.15) is 0 Å². The molecule has 2 aromatic rings. The molecule has 0 atom stereocenters. The van der Waals surface area contributed by atoms with Crippen molar-refractivity contribution >= 4 is 23.2 Å². The summed E-state index contributed by atoms with van der Waals surface area (Å²) in [5.74, 6) is -0.219. The van der Waals surface area contributed by atoms with E-state index in [0.717, 1.165) is 5.56 Å². The summed E-state index contributed by atoms with van der Waals surface area (Å²) in [6, 6.07) is 14.6. The first kappa shape index (κ1) is 18.3. The average Bonchev–Trinajstić information content (AvgIpc) is 2.60. The van der Waals surface area contributed by atoms with Crippen molar-refractivity contribution in [1.82, 2.24) is 5.32 Å². The summed E-state index contributed by atoms with van der Waals surface area (Å²) in [6.07, 6.45) is 4.59. The number of para-hydroxylation sites is 2. The number of aryl methyl sites for hydroxylation is 1. The minimum atomic E-state index is -0.127. The summed E-state index contributed by atoms with van der Waals surface area (Å²) in [5.41, 5.74) is 8.70. The Hall–Kier alpha value is -3.08. The fourth-order valence-electron chi connectivity index (χ4n) is 2.20. The molecule has 0 fully saturated rings. The predicted octanol–water partition coefficient (Wildman–Crippen LogP) is 3.28. The Morgan fingerprint density at radius 1 is 1.04 bits per heavy atom. The van der Waals surface area contributed by atoms with Crippen LogP contribution >= 0.6 is 0 Å². The summed E-state index contributed by atoms with van der Waals surface area (Å²) < 4.78 is 0. The largest absolute Gasteiger partial charge is 0.397 e. The Kier molecular flexibility index (Phi) is 6.77. The minimum absolute atomic E-state index is 0.0919. The highest BCUT2D eigenvalue weighted by molar-refractivity contribution is 5.95. The molecule has 2 amide bonds. The number of benzene rings is 2. The van der Waals surface area contributed by atoms with E-state index in [1.165, 1.54) is 0 Å². The topological polar surface area (TPSA) is 84.2 Å². The number of amides is 2. The highest BCUT2D eigenvalue weighted by atomic mass is 16.2. The number of hydrogen-bond donors (Lipinski definition) is 3. The molecule has 0 spiro atoms. The van der Waals surface area contributed by atoms with Gasteiger partial charge in [0.25, 0.3) is 5.91 Å². The first-order chi connectivity index (χ1) is 12.1. The molecule has 0 aliphatic heterocycles. The summed E-state index contributed by atoms with van der Waals surface area (Å²) in [5, 5.41) is 5.61. The fraction of sp³-hybridized carbons (Fsp3) is 0.200. The Bertz CT molecular complexity index is 752. The molecule has 0 aromatic heterocycles. The van der Waals surface area contributed by atoms with Crippen LogP contribution in [0.5, 0.6) is 0 Å². The first-order valence-corrected chi connectivity index (χ1v) is 8.20. The normalized spacial score (nSPS) is 10.6. The third-order valence-corrected chi connectivity index (χ3v) is 3.62. The number of nitrogens with two attached hydrogens (primary N) is 1. The van der Waals surface area contributed by atoms with Gasteiger partial charge in [-0.25, -0.2) is 0 Å². The van der Waals surface area contributed by atoms with Gasteiger partial charge in [0.05, 0.1) is 11.4 Å². The van der Waals surface area contributed by atoms with Crippen molar-refractivity contribution in [3.8, 4) is 0 Å². The zero-order valence-corrected chi connectivity index (χ0v) is 14.3. The van der Waals surface area contributed by atoms with Crippen LogP contribution in [0.3, 0.4) is 0 Å². The molecule has 2 aromatic carbocycles. The molecular weight excluding hydrogens is 314 g/mol. The molecule has 0 saturated carbocycles. The van der Waals surface area contributed by atoms with Crippen molar-refractivity contribution in [1.29, 1.82) is 0 Å². The van der Waals surface area contributed by atoms with Gasteiger partial charge in [0.2, 0.25) is 5.91 Å². The molecule has 5 heteroatoms. The number of nitrogen functional groups attached to an aromatic ring is 1. The zero-order chi connectivity index (χ0) is 18.1. The Morgan fingerprint density at radius 3 is 2.48 bits per heavy atom. The Morgan fingerprint density at radius 2 is 1.76 bits per heavy atom. The van der Waals surface area contributed by atoms with Crippen molar-refractivity contribution in [3.05, 3.63) is 71.8 Å². The van der Waals surface area contributed by atoms with E-state index in [1.807, 2.05) is 37.3 Å². The molecule has 0 aliphatic carbocycles. The standard InChI is InChI=1S/C20H23N3O2/c1-15-10-12-16(13-11-15)20(25)22-14-6-2-3-9-19(24)23-18-8-5-4-7-17(18)21/h2-5,7-8,10-13H,6,9,14,21H2,1H3,(H,22,25)(H,23,24)/b3-2+. The summed E-state index contributed by atoms with van der Waals surface area (Å²) in [7, 11) is 0. The molecule has 4 N–H and O–H groups in total. The van der Waals surface area contributed by atoms with Crippen molar-refractivity contribution < 1.29 is 9.59 Å². The van der Waals surface area contributed by atoms with E-state index in [9.17, 15) is 9.59 Å². The van der Waals surface area contributed by atoms with Gasteiger partial charge in [-0.15, -0.1) is 0 Å². The fourth-order valence-corrected chi connectivity index (χ4v) is 2.20. The quantitative estimate of drug-likeness (QED) is 0.412. The van der Waals surface area contributed by atoms with Crippen LogP contribution in [-0.2, 0) is 4.79 Å². The molecule has 0 radical (unpaired) electrons. The van der Waals surface area contributed by atoms with Gasteiger partial charge in [0.15, 0.2) is 0 Å². The SMILES string of the molecule is Cc1ccc(C(=O)NCC/C=C/CC(=O)Nc2ccccc2N)cc1. The highest BCUT2D eigenvalue weighted by Gasteiger charge is 2.04. The lowest BCUT2D eigenvalue weighted by atomic mass is 10.1. The van der Waals surface area contributed by atoms with E-state index in [-0.39, 0.29) is 18.2 Å². The molecule has 130 valence electrons. The van der Waals surface area contributed by atoms with Crippen molar-refractivity contribution in [2.75, 3.05) is 17.6 Å². The molecule has 0 aliphatic rings. The molecule has 0 heterocycles. The van der Waals surface area contributed by atoms with Crippen LogP contribution in [-0.4, -0.2) is 18.4 Å². The van der Waals surface area contributed by atoms with Gasteiger partial charge in [-0.1, -0.05) is 42.0 Å². The van der Waals surface area contributed by atoms with E-state index in [1.54, 1.807) is 30.3 Å². The summed E-state index contributed by atoms with van der Waals surface area (Å²) >= 11 is 0. The number of anilines is 2. The second kappa shape index (κ2) is 9.27. The van der Waals surface area contributed by atoms with Gasteiger partial charge in [-0.05, 0) is 37.6 Å². The first-order valence-electron chi connectivity index (χ1n) is 8.20. The lowest BCUT2D eigenvalue weighted by molar-refractivity contribution is -0.115. The molecule has 25 heavy (non-hydrogen) atoms. The van der Waals surface area contributed by atoms with E-state index in [2.05, 4.69) is 10.6 Å². The van der Waals surface area contributed by atoms with E-state index >= 15 is 0 Å². The number of rotatable bonds is 7. The van der Waals surface area contributed by atoms with Gasteiger partial charge < -0.3 is 16.4 Å². The van der Waals surface area contributed by atoms with Crippen molar-refractivity contribution in [2.24, 2.45) is 0 Å². The maximum atomic E-state index is 11.9. The number of nitrogens with one attached hydrogen (secondary N) is 2. The van der Waals surface area contributed by atoms with Crippen LogP contribution in [0.25, 0.3) is 0 Å². The Labute approximate surface area is 147 Å². The molecule has 0 saturated heterocycles. The Balaban J connectivity index is 1.66. The predicted molar refractivity (Wildman–Crippen MR) is 101 cm³/mol. The van der Waals surface area contributed by atoms with Crippen LogP contribution in [0.2, 0.25) is 0 Å². The van der Waals surface area contributed by atoms with Crippen molar-refractivity contribution in [3.63, 3.8) is 0 Å². The van der Waals surface area contributed by atoms with Gasteiger partial charge in [-0.2, -0.15) is 0 Å². The summed E-state index contributed by atoms with van der Waals surface area (Å²) in [6.45, 7) is 2.51. The molecule has 5 nitrogen and oxygen atoms in total. The molecule has 0 bridgehead atoms. The van der Waals surface area contributed by atoms with Crippen LogP contribution in [0, 0.1) is 6.92 Å². The third-order valence-electron chi connectivity index (χ3n) is 3.62. The van der Waals surface area contributed by atoms with Crippen LogP contribution < -0.4 is 16.4 Å². The van der Waals surface area contributed by atoms with Crippen LogP contribution in [0.15, 0.2) is 60.7 Å². The lowest BCUT2D eigenvalue weighted by Gasteiger charge is -2.06. The summed E-state index contributed by atoms with van der Waals surface area (Å²) in [4.78, 5) is 23.8. The van der Waals surface area contributed by atoms with E-state index < -0.39 is 0 Å². The average molecular weight is 337 g/mol. The van der Waals surface area contributed by atoms with Gasteiger partial charge in [-0.3, -0.25) is 9.59 Å². The molecular formula is C20H23N3O2. The van der Waals surface area contributed by atoms with Gasteiger partial charge in [0, 0.05) is 18.5 Å². The second-order valence-electron chi connectivity index (χ2n) is 5.72. The monoisotopic (exact) mass is 337 g/mol. The maximum absolute atomic E-state index is 11.9. The molecule has 2 rings (SSSR count). The second-order valence-corrected chi connectivity index (χ2v) is 5.72. The number of carbonyl (C=O) groups excluding carboxylic acids is 2. The number of hydrogen-bond acceptors (Lipinski definition) is 3.